The Bertz CT molecular complexity index is 534. The molecule has 3 nitrogen and oxygen atoms in total. The third-order valence-corrected chi connectivity index (χ3v) is 5.15. The largest absolute Gasteiger partial charge is 0.458 e. The van der Waals surface area contributed by atoms with Crippen LogP contribution in [0.25, 0.3) is 0 Å². The quantitative estimate of drug-likeness (QED) is 0.228. The molecule has 0 radical (unpaired) electrons. The van der Waals surface area contributed by atoms with E-state index < -0.39 is 30.6 Å². The summed E-state index contributed by atoms with van der Waals surface area (Å²) in [6.07, 6.45) is -4.47. The molecule has 24 heavy (non-hydrogen) atoms. The van der Waals surface area contributed by atoms with Gasteiger partial charge in [-0.3, -0.25) is 4.57 Å². The number of allylic oxidation sites excluding steroid dienone is 2. The minimum atomic E-state index is -5.87. The topological polar surface area (TPSA) is 35.5 Å². The zero-order valence-corrected chi connectivity index (χ0v) is 15.0. The lowest BCUT2D eigenvalue weighted by Gasteiger charge is -2.24. The summed E-state index contributed by atoms with van der Waals surface area (Å²) in [5.74, 6) is -1.12. The van der Waals surface area contributed by atoms with E-state index in [1.165, 1.54) is 13.8 Å². The standard InChI is InChI=1S/C15H22F5O3P/c1-5-8-9-10-11-13(14(16,17)15(18,19)20)12(4)24(21,22-6-2)23-7-3/h5-9H2,1-4H3/b13-12+. The number of hydrogen-bond donors (Lipinski definition) is 0. The van der Waals surface area contributed by atoms with Crippen molar-refractivity contribution in [2.75, 3.05) is 13.2 Å². The van der Waals surface area contributed by atoms with Gasteiger partial charge in [0.15, 0.2) is 0 Å². The Morgan fingerprint density at radius 1 is 1.04 bits per heavy atom. The van der Waals surface area contributed by atoms with E-state index in [-0.39, 0.29) is 19.6 Å². The molecule has 0 atom stereocenters. The first-order chi connectivity index (χ1) is 11.0. The molecule has 0 amide bonds. The fourth-order valence-electron chi connectivity index (χ4n) is 1.66. The van der Waals surface area contributed by atoms with Crippen molar-refractivity contribution in [1.82, 2.24) is 0 Å². The molecular weight excluding hydrogens is 354 g/mol. The third kappa shape index (κ3) is 5.87. The number of alkyl halides is 5. The lowest BCUT2D eigenvalue weighted by Crippen LogP contribution is -2.38. The number of hydrogen-bond acceptors (Lipinski definition) is 3. The highest BCUT2D eigenvalue weighted by Crippen LogP contribution is 2.59. The number of rotatable bonds is 8. The Kier molecular flexibility index (Phi) is 9.19. The lowest BCUT2D eigenvalue weighted by atomic mass is 10.1. The summed E-state index contributed by atoms with van der Waals surface area (Å²) in [6.45, 7) is 5.19. The molecule has 0 aromatic rings. The molecule has 140 valence electrons. The number of unbranched alkanes of at least 4 members (excludes halogenated alkanes) is 2. The second-order valence-electron chi connectivity index (χ2n) is 4.77. The first kappa shape index (κ1) is 23.1. The van der Waals surface area contributed by atoms with Gasteiger partial charge in [-0.05, 0) is 27.2 Å². The molecular formula is C15H22F5O3P. The van der Waals surface area contributed by atoms with Crippen LogP contribution in [0, 0.1) is 11.8 Å². The Balaban J connectivity index is 6.24. The minimum Gasteiger partial charge on any atom is -0.306 e. The van der Waals surface area contributed by atoms with Crippen molar-refractivity contribution in [3.8, 4) is 11.8 Å². The van der Waals surface area contributed by atoms with Crippen LogP contribution in [-0.2, 0) is 13.6 Å². The highest BCUT2D eigenvalue weighted by molar-refractivity contribution is 7.58. The van der Waals surface area contributed by atoms with E-state index in [4.69, 9.17) is 9.05 Å². The van der Waals surface area contributed by atoms with Crippen LogP contribution in [0.15, 0.2) is 10.9 Å². The average molecular weight is 376 g/mol. The van der Waals surface area contributed by atoms with Crippen LogP contribution >= 0.6 is 7.60 Å². The molecule has 0 unspecified atom stereocenters. The van der Waals surface area contributed by atoms with Crippen LogP contribution in [-0.4, -0.2) is 25.3 Å². The highest BCUT2D eigenvalue weighted by Gasteiger charge is 2.61. The van der Waals surface area contributed by atoms with Gasteiger partial charge in [-0.2, -0.15) is 22.0 Å². The molecule has 0 aromatic heterocycles. The summed E-state index contributed by atoms with van der Waals surface area (Å²) in [5.41, 5.74) is -1.57. The van der Waals surface area contributed by atoms with E-state index in [1.54, 1.807) is 0 Å². The van der Waals surface area contributed by atoms with Gasteiger partial charge in [0.1, 0.15) is 0 Å². The summed E-state index contributed by atoms with van der Waals surface area (Å²) in [7, 11) is -4.29. The Labute approximate surface area is 139 Å². The van der Waals surface area contributed by atoms with Gasteiger partial charge in [-0.15, -0.1) is 0 Å². The molecule has 0 fully saturated rings. The van der Waals surface area contributed by atoms with Crippen LogP contribution < -0.4 is 0 Å². The van der Waals surface area contributed by atoms with Crippen molar-refractivity contribution in [1.29, 1.82) is 0 Å². The molecule has 9 heteroatoms. The van der Waals surface area contributed by atoms with E-state index in [1.807, 2.05) is 12.8 Å². The zero-order chi connectivity index (χ0) is 19.0. The summed E-state index contributed by atoms with van der Waals surface area (Å²) in [6, 6.07) is 0. The van der Waals surface area contributed by atoms with Crippen LogP contribution in [0.5, 0.6) is 0 Å². The maximum absolute atomic E-state index is 13.8. The van der Waals surface area contributed by atoms with Crippen LogP contribution in [0.2, 0.25) is 0 Å². The van der Waals surface area contributed by atoms with Gasteiger partial charge in [-0.1, -0.05) is 25.2 Å². The van der Waals surface area contributed by atoms with Gasteiger partial charge >= 0.3 is 19.7 Å². The summed E-state index contributed by atoms with van der Waals surface area (Å²) in [4.78, 5) is 0. The third-order valence-electron chi connectivity index (χ3n) is 2.91. The monoisotopic (exact) mass is 376 g/mol. The molecule has 0 aliphatic carbocycles. The SMILES string of the molecule is CCCCC#C/C(=C(/C)P(=O)(OCC)OCC)C(F)(F)C(F)(F)F. The predicted molar refractivity (Wildman–Crippen MR) is 81.9 cm³/mol. The molecule has 0 bridgehead atoms. The Hall–Kier alpha value is -0.900. The summed E-state index contributed by atoms with van der Waals surface area (Å²) >= 11 is 0. The van der Waals surface area contributed by atoms with Crippen molar-refractivity contribution in [2.24, 2.45) is 0 Å². The second kappa shape index (κ2) is 9.55. The van der Waals surface area contributed by atoms with Gasteiger partial charge in [-0.25, -0.2) is 0 Å². The van der Waals surface area contributed by atoms with Crippen LogP contribution in [0.3, 0.4) is 0 Å². The molecule has 0 saturated carbocycles. The van der Waals surface area contributed by atoms with Gasteiger partial charge in [0.2, 0.25) is 0 Å². The van der Waals surface area contributed by atoms with Crippen LogP contribution in [0.4, 0.5) is 22.0 Å². The van der Waals surface area contributed by atoms with Gasteiger partial charge < -0.3 is 9.05 Å². The van der Waals surface area contributed by atoms with Gasteiger partial charge in [0.25, 0.3) is 0 Å². The van der Waals surface area contributed by atoms with Gasteiger partial charge in [0.05, 0.1) is 24.1 Å². The van der Waals surface area contributed by atoms with E-state index in [9.17, 15) is 26.5 Å². The van der Waals surface area contributed by atoms with E-state index in [0.29, 0.717) is 12.8 Å². The van der Waals surface area contributed by atoms with Gasteiger partial charge in [0, 0.05) is 6.42 Å². The predicted octanol–water partition coefficient (Wildman–Crippen LogP) is 5.92. The Morgan fingerprint density at radius 3 is 1.92 bits per heavy atom. The average Bonchev–Trinajstić information content (AvgIpc) is 2.45. The lowest BCUT2D eigenvalue weighted by molar-refractivity contribution is -0.262. The van der Waals surface area contributed by atoms with E-state index >= 15 is 0 Å². The normalized spacial score (nSPS) is 14.0. The molecule has 0 rings (SSSR count). The zero-order valence-electron chi connectivity index (χ0n) is 14.1. The second-order valence-corrected chi connectivity index (χ2v) is 6.95. The molecule has 0 aliphatic rings. The minimum absolute atomic E-state index is 0.148. The van der Waals surface area contributed by atoms with Crippen molar-refractivity contribution >= 4 is 7.60 Å². The maximum Gasteiger partial charge on any atom is 0.458 e. The molecule has 0 spiro atoms. The summed E-state index contributed by atoms with van der Waals surface area (Å²) in [5, 5.41) is -0.822. The fraction of sp³-hybridized carbons (Fsp3) is 0.733. The highest BCUT2D eigenvalue weighted by atomic mass is 31.2. The van der Waals surface area contributed by atoms with Crippen molar-refractivity contribution in [3.05, 3.63) is 10.9 Å². The van der Waals surface area contributed by atoms with E-state index in [2.05, 4.69) is 5.92 Å². The molecule has 0 saturated heterocycles. The van der Waals surface area contributed by atoms with Crippen LogP contribution in [0.1, 0.15) is 47.0 Å². The smallest absolute Gasteiger partial charge is 0.306 e. The molecule has 0 aliphatic heterocycles. The first-order valence-electron chi connectivity index (χ1n) is 7.52. The molecule has 0 heterocycles. The van der Waals surface area contributed by atoms with Crippen molar-refractivity contribution in [2.45, 2.75) is 59.1 Å². The van der Waals surface area contributed by atoms with Crippen molar-refractivity contribution in [3.63, 3.8) is 0 Å². The molecule has 0 aromatic carbocycles. The fourth-order valence-corrected chi connectivity index (χ4v) is 3.27. The first-order valence-corrected chi connectivity index (χ1v) is 9.06. The summed E-state index contributed by atoms with van der Waals surface area (Å²) < 4.78 is 88.2. The maximum atomic E-state index is 13.8. The molecule has 0 N–H and O–H groups in total. The number of halogens is 5. The van der Waals surface area contributed by atoms with Crippen molar-refractivity contribution < 1.29 is 35.6 Å². The Morgan fingerprint density at radius 2 is 1.54 bits per heavy atom. The van der Waals surface area contributed by atoms with E-state index in [0.717, 1.165) is 6.92 Å².